The molecule has 0 atom stereocenters. The van der Waals surface area contributed by atoms with E-state index in [2.05, 4.69) is 5.16 Å². The monoisotopic (exact) mass is 247 g/mol. The first kappa shape index (κ1) is 12.4. The number of hydrogen-bond donors (Lipinski definition) is 2. The standard InChI is InChI=1S/C13H17N3O2/c1-16(13(17)9-4-2-5-9)11-7-3-6-10(8-11)12(14)15-18/h3,6-9,18H,2,4-5H2,1H3,(H2,14,15). The maximum absolute atomic E-state index is 12.1. The smallest absolute Gasteiger partial charge is 0.229 e. The summed E-state index contributed by atoms with van der Waals surface area (Å²) in [7, 11) is 1.76. The van der Waals surface area contributed by atoms with Crippen LogP contribution in [-0.2, 0) is 4.79 Å². The van der Waals surface area contributed by atoms with Gasteiger partial charge in [0.15, 0.2) is 5.84 Å². The molecule has 0 radical (unpaired) electrons. The Bertz CT molecular complexity index is 481. The van der Waals surface area contributed by atoms with Gasteiger partial charge in [-0.05, 0) is 25.0 Å². The van der Waals surface area contributed by atoms with Crippen LogP contribution in [0.3, 0.4) is 0 Å². The first-order chi connectivity index (χ1) is 8.63. The van der Waals surface area contributed by atoms with Gasteiger partial charge >= 0.3 is 0 Å². The van der Waals surface area contributed by atoms with Gasteiger partial charge in [-0.25, -0.2) is 0 Å². The highest BCUT2D eigenvalue weighted by atomic mass is 16.4. The van der Waals surface area contributed by atoms with Crippen molar-refractivity contribution in [2.75, 3.05) is 11.9 Å². The Morgan fingerprint density at radius 3 is 2.78 bits per heavy atom. The van der Waals surface area contributed by atoms with Crippen LogP contribution < -0.4 is 10.6 Å². The second kappa shape index (κ2) is 5.08. The number of carbonyl (C=O) groups excluding carboxylic acids is 1. The molecule has 1 aromatic rings. The van der Waals surface area contributed by atoms with Gasteiger partial charge in [-0.3, -0.25) is 4.79 Å². The zero-order valence-electron chi connectivity index (χ0n) is 10.3. The van der Waals surface area contributed by atoms with E-state index in [0.29, 0.717) is 5.56 Å². The van der Waals surface area contributed by atoms with Crippen LogP contribution in [0.15, 0.2) is 29.4 Å². The maximum Gasteiger partial charge on any atom is 0.229 e. The molecule has 96 valence electrons. The number of amides is 1. The van der Waals surface area contributed by atoms with Gasteiger partial charge < -0.3 is 15.8 Å². The highest BCUT2D eigenvalue weighted by molar-refractivity contribution is 6.00. The van der Waals surface area contributed by atoms with E-state index >= 15 is 0 Å². The second-order valence-corrected chi connectivity index (χ2v) is 4.56. The molecule has 5 nitrogen and oxygen atoms in total. The van der Waals surface area contributed by atoms with Crippen molar-refractivity contribution in [3.05, 3.63) is 29.8 Å². The highest BCUT2D eigenvalue weighted by Crippen LogP contribution is 2.29. The SMILES string of the molecule is CN(C(=O)C1CCC1)c1cccc(C(N)=NO)c1. The Balaban J connectivity index is 2.19. The summed E-state index contributed by atoms with van der Waals surface area (Å²) < 4.78 is 0. The van der Waals surface area contributed by atoms with Crippen molar-refractivity contribution >= 4 is 17.4 Å². The fourth-order valence-electron chi connectivity index (χ4n) is 1.99. The Labute approximate surface area is 106 Å². The lowest BCUT2D eigenvalue weighted by Gasteiger charge is -2.29. The number of hydrogen-bond acceptors (Lipinski definition) is 3. The summed E-state index contributed by atoms with van der Waals surface area (Å²) in [5, 5.41) is 11.6. The molecule has 1 saturated carbocycles. The minimum Gasteiger partial charge on any atom is -0.409 e. The van der Waals surface area contributed by atoms with Gasteiger partial charge in [0.1, 0.15) is 0 Å². The fourth-order valence-corrected chi connectivity index (χ4v) is 1.99. The van der Waals surface area contributed by atoms with Gasteiger partial charge in [-0.2, -0.15) is 0 Å². The third-order valence-corrected chi connectivity index (χ3v) is 3.42. The molecule has 3 N–H and O–H groups in total. The molecule has 1 fully saturated rings. The van der Waals surface area contributed by atoms with E-state index in [1.165, 1.54) is 0 Å². The summed E-state index contributed by atoms with van der Waals surface area (Å²) in [5.41, 5.74) is 6.89. The van der Waals surface area contributed by atoms with E-state index in [-0.39, 0.29) is 17.7 Å². The number of anilines is 1. The summed E-state index contributed by atoms with van der Waals surface area (Å²) in [6.07, 6.45) is 3.08. The molecule has 1 aromatic carbocycles. The van der Waals surface area contributed by atoms with Gasteiger partial charge in [-0.15, -0.1) is 0 Å². The van der Waals surface area contributed by atoms with Crippen LogP contribution in [0, 0.1) is 5.92 Å². The van der Waals surface area contributed by atoms with Crippen LogP contribution in [-0.4, -0.2) is 24.0 Å². The van der Waals surface area contributed by atoms with E-state index in [1.54, 1.807) is 30.1 Å². The molecule has 1 amide bonds. The number of nitrogens with two attached hydrogens (primary N) is 1. The van der Waals surface area contributed by atoms with Gasteiger partial charge in [-0.1, -0.05) is 23.7 Å². The summed E-state index contributed by atoms with van der Waals surface area (Å²) in [4.78, 5) is 13.7. The zero-order valence-corrected chi connectivity index (χ0v) is 10.3. The van der Waals surface area contributed by atoms with E-state index in [1.807, 2.05) is 6.07 Å². The molecule has 0 bridgehead atoms. The average Bonchev–Trinajstić information content (AvgIpc) is 2.35. The van der Waals surface area contributed by atoms with Crippen LogP contribution >= 0.6 is 0 Å². The summed E-state index contributed by atoms with van der Waals surface area (Å²) in [6, 6.07) is 7.10. The van der Waals surface area contributed by atoms with Gasteiger partial charge in [0, 0.05) is 24.2 Å². The van der Waals surface area contributed by atoms with Crippen LogP contribution in [0.1, 0.15) is 24.8 Å². The van der Waals surface area contributed by atoms with E-state index in [9.17, 15) is 4.79 Å². The predicted octanol–water partition coefficient (Wildman–Crippen LogP) is 1.54. The second-order valence-electron chi connectivity index (χ2n) is 4.56. The highest BCUT2D eigenvalue weighted by Gasteiger charge is 2.28. The molecule has 0 heterocycles. The topological polar surface area (TPSA) is 78.9 Å². The van der Waals surface area contributed by atoms with Gasteiger partial charge in [0.05, 0.1) is 0 Å². The van der Waals surface area contributed by atoms with Crippen molar-refractivity contribution in [3.63, 3.8) is 0 Å². The minimum absolute atomic E-state index is 0.0429. The van der Waals surface area contributed by atoms with Crippen molar-refractivity contribution in [2.24, 2.45) is 16.8 Å². The van der Waals surface area contributed by atoms with E-state index < -0.39 is 0 Å². The van der Waals surface area contributed by atoms with Crippen LogP contribution in [0.25, 0.3) is 0 Å². The molecule has 0 unspecified atom stereocenters. The zero-order chi connectivity index (χ0) is 13.1. The van der Waals surface area contributed by atoms with Crippen molar-refractivity contribution in [1.82, 2.24) is 0 Å². The first-order valence-corrected chi connectivity index (χ1v) is 5.99. The third-order valence-electron chi connectivity index (χ3n) is 3.42. The van der Waals surface area contributed by atoms with Gasteiger partial charge in [0.25, 0.3) is 0 Å². The number of carbonyl (C=O) groups is 1. The molecule has 1 aliphatic rings. The molecular formula is C13H17N3O2. The maximum atomic E-state index is 12.1. The Morgan fingerprint density at radius 1 is 1.50 bits per heavy atom. The molecule has 0 aromatic heterocycles. The van der Waals surface area contributed by atoms with Gasteiger partial charge in [0.2, 0.25) is 5.91 Å². The van der Waals surface area contributed by atoms with Crippen LogP contribution in [0.4, 0.5) is 5.69 Å². The number of oxime groups is 1. The molecule has 0 saturated heterocycles. The summed E-state index contributed by atoms with van der Waals surface area (Å²) in [6.45, 7) is 0. The molecule has 0 spiro atoms. The largest absolute Gasteiger partial charge is 0.409 e. The van der Waals surface area contributed by atoms with Crippen molar-refractivity contribution < 1.29 is 10.0 Å². The number of rotatable bonds is 3. The summed E-state index contributed by atoms with van der Waals surface area (Å²) in [5.74, 6) is 0.335. The number of amidine groups is 1. The Hall–Kier alpha value is -2.04. The Kier molecular flexibility index (Phi) is 3.50. The molecule has 1 aliphatic carbocycles. The fraction of sp³-hybridized carbons (Fsp3) is 0.385. The lowest BCUT2D eigenvalue weighted by molar-refractivity contribution is -0.124. The molecule has 18 heavy (non-hydrogen) atoms. The molecule has 5 heteroatoms. The minimum atomic E-state index is 0.0429. The number of benzene rings is 1. The Morgan fingerprint density at radius 2 is 2.22 bits per heavy atom. The summed E-state index contributed by atoms with van der Waals surface area (Å²) >= 11 is 0. The predicted molar refractivity (Wildman–Crippen MR) is 69.7 cm³/mol. The molecule has 0 aliphatic heterocycles. The third kappa shape index (κ3) is 2.30. The molecular weight excluding hydrogens is 230 g/mol. The lowest BCUT2D eigenvalue weighted by atomic mass is 9.84. The van der Waals surface area contributed by atoms with E-state index in [4.69, 9.17) is 10.9 Å². The van der Waals surface area contributed by atoms with E-state index in [0.717, 1.165) is 24.9 Å². The normalized spacial score (nSPS) is 16.2. The average molecular weight is 247 g/mol. The number of nitrogens with zero attached hydrogens (tertiary/aromatic N) is 2. The quantitative estimate of drug-likeness (QED) is 0.368. The molecule has 2 rings (SSSR count). The van der Waals surface area contributed by atoms with Crippen LogP contribution in [0.5, 0.6) is 0 Å². The van der Waals surface area contributed by atoms with Crippen LogP contribution in [0.2, 0.25) is 0 Å². The van der Waals surface area contributed by atoms with Crippen molar-refractivity contribution in [2.45, 2.75) is 19.3 Å². The van der Waals surface area contributed by atoms with Crippen molar-refractivity contribution in [3.8, 4) is 0 Å². The lowest BCUT2D eigenvalue weighted by Crippen LogP contribution is -2.36. The van der Waals surface area contributed by atoms with Crippen molar-refractivity contribution in [1.29, 1.82) is 0 Å². The first-order valence-electron chi connectivity index (χ1n) is 5.99.